The van der Waals surface area contributed by atoms with Crippen molar-refractivity contribution in [3.63, 3.8) is 0 Å². The maximum atomic E-state index is 12.5. The highest BCUT2D eigenvalue weighted by atomic mass is 16.2. The minimum Gasteiger partial charge on any atom is -0.352 e. The van der Waals surface area contributed by atoms with Crippen LogP contribution in [0.4, 0.5) is 5.82 Å². The van der Waals surface area contributed by atoms with Gasteiger partial charge in [0.25, 0.3) is 5.91 Å². The molecular weight excluding hydrogens is 350 g/mol. The number of aromatic nitrogens is 3. The van der Waals surface area contributed by atoms with Crippen LogP contribution in [-0.4, -0.2) is 52.2 Å². The van der Waals surface area contributed by atoms with E-state index < -0.39 is 0 Å². The Morgan fingerprint density at radius 2 is 1.61 bits per heavy atom. The van der Waals surface area contributed by atoms with Crippen molar-refractivity contribution in [3.8, 4) is 11.3 Å². The second-order valence-corrected chi connectivity index (χ2v) is 6.84. The summed E-state index contributed by atoms with van der Waals surface area (Å²) in [6.07, 6.45) is 4.33. The van der Waals surface area contributed by atoms with Gasteiger partial charge in [-0.2, -0.15) is 0 Å². The monoisotopic (exact) mass is 373 g/mol. The van der Waals surface area contributed by atoms with Gasteiger partial charge < -0.3 is 9.80 Å². The van der Waals surface area contributed by atoms with Gasteiger partial charge in [-0.05, 0) is 36.2 Å². The summed E-state index contributed by atoms with van der Waals surface area (Å²) in [7, 11) is 0. The molecule has 3 heterocycles. The average molecular weight is 373 g/mol. The molecule has 4 rings (SSSR count). The summed E-state index contributed by atoms with van der Waals surface area (Å²) < 4.78 is 0. The molecule has 28 heavy (non-hydrogen) atoms. The fraction of sp³-hybridized carbons (Fsp3) is 0.273. The van der Waals surface area contributed by atoms with E-state index in [4.69, 9.17) is 0 Å². The molecule has 2 aromatic heterocycles. The zero-order chi connectivity index (χ0) is 19.3. The third-order valence-corrected chi connectivity index (χ3v) is 5.13. The number of benzene rings is 1. The van der Waals surface area contributed by atoms with Crippen LogP contribution in [0.1, 0.15) is 22.8 Å². The average Bonchev–Trinajstić information content (AvgIpc) is 2.79. The smallest absolute Gasteiger partial charge is 0.254 e. The number of hydrogen-bond donors (Lipinski definition) is 0. The van der Waals surface area contributed by atoms with E-state index >= 15 is 0 Å². The molecule has 0 aliphatic carbocycles. The van der Waals surface area contributed by atoms with E-state index in [2.05, 4.69) is 51.3 Å². The maximum absolute atomic E-state index is 12.5. The van der Waals surface area contributed by atoms with Crippen molar-refractivity contribution in [3.05, 3.63) is 72.1 Å². The molecule has 1 amide bonds. The predicted molar refractivity (Wildman–Crippen MR) is 109 cm³/mol. The van der Waals surface area contributed by atoms with Gasteiger partial charge in [-0.1, -0.05) is 31.2 Å². The van der Waals surface area contributed by atoms with Crippen molar-refractivity contribution >= 4 is 11.7 Å². The second kappa shape index (κ2) is 8.17. The first-order chi connectivity index (χ1) is 13.7. The van der Waals surface area contributed by atoms with Crippen molar-refractivity contribution in [2.45, 2.75) is 13.3 Å². The van der Waals surface area contributed by atoms with Gasteiger partial charge in [0, 0.05) is 49.7 Å². The molecule has 0 unspecified atom stereocenters. The van der Waals surface area contributed by atoms with E-state index in [1.54, 1.807) is 24.5 Å². The van der Waals surface area contributed by atoms with E-state index in [1.807, 2.05) is 17.0 Å². The Kier molecular flexibility index (Phi) is 5.28. The number of carbonyl (C=O) groups excluding carboxylic acids is 1. The van der Waals surface area contributed by atoms with Crippen molar-refractivity contribution in [2.24, 2.45) is 0 Å². The number of carbonyl (C=O) groups is 1. The number of anilines is 1. The van der Waals surface area contributed by atoms with Crippen molar-refractivity contribution < 1.29 is 4.79 Å². The van der Waals surface area contributed by atoms with E-state index in [0.29, 0.717) is 18.7 Å². The first-order valence-corrected chi connectivity index (χ1v) is 9.62. The standard InChI is InChI=1S/C22H23N5O/c1-2-17-3-5-18(6-4-17)20-7-8-21(25-24-20)26-13-15-27(16-14-26)22(28)19-9-11-23-12-10-19/h3-12H,2,13-16H2,1H3. The van der Waals surface area contributed by atoms with Crippen LogP contribution < -0.4 is 4.90 Å². The van der Waals surface area contributed by atoms with Crippen LogP contribution in [0.2, 0.25) is 0 Å². The highest BCUT2D eigenvalue weighted by Gasteiger charge is 2.23. The van der Waals surface area contributed by atoms with E-state index in [9.17, 15) is 4.79 Å². The zero-order valence-electron chi connectivity index (χ0n) is 16.0. The van der Waals surface area contributed by atoms with Crippen LogP contribution in [-0.2, 0) is 6.42 Å². The van der Waals surface area contributed by atoms with Crippen LogP contribution in [0, 0.1) is 0 Å². The normalized spacial score (nSPS) is 14.2. The lowest BCUT2D eigenvalue weighted by atomic mass is 10.1. The van der Waals surface area contributed by atoms with Gasteiger partial charge in [0.15, 0.2) is 5.82 Å². The fourth-order valence-corrected chi connectivity index (χ4v) is 3.37. The lowest BCUT2D eigenvalue weighted by molar-refractivity contribution is 0.0746. The highest BCUT2D eigenvalue weighted by Crippen LogP contribution is 2.20. The largest absolute Gasteiger partial charge is 0.352 e. The number of nitrogens with zero attached hydrogens (tertiary/aromatic N) is 5. The van der Waals surface area contributed by atoms with Crippen LogP contribution in [0.25, 0.3) is 11.3 Å². The van der Waals surface area contributed by atoms with Crippen molar-refractivity contribution in [1.29, 1.82) is 0 Å². The van der Waals surface area contributed by atoms with Gasteiger partial charge in [0.05, 0.1) is 5.69 Å². The van der Waals surface area contributed by atoms with Crippen LogP contribution >= 0.6 is 0 Å². The Morgan fingerprint density at radius 1 is 0.893 bits per heavy atom. The molecule has 1 aromatic carbocycles. The molecule has 6 heteroatoms. The number of amides is 1. The lowest BCUT2D eigenvalue weighted by Crippen LogP contribution is -2.49. The Hall–Kier alpha value is -3.28. The Balaban J connectivity index is 1.38. The molecule has 0 bridgehead atoms. The quantitative estimate of drug-likeness (QED) is 0.703. The topological polar surface area (TPSA) is 62.2 Å². The molecule has 1 saturated heterocycles. The van der Waals surface area contributed by atoms with Crippen molar-refractivity contribution in [1.82, 2.24) is 20.1 Å². The van der Waals surface area contributed by atoms with Gasteiger partial charge in [-0.25, -0.2) is 0 Å². The van der Waals surface area contributed by atoms with Crippen LogP contribution in [0.3, 0.4) is 0 Å². The molecule has 1 aliphatic rings. The summed E-state index contributed by atoms with van der Waals surface area (Å²) in [6, 6.07) is 16.0. The molecule has 1 fully saturated rings. The first-order valence-electron chi connectivity index (χ1n) is 9.62. The number of piperazine rings is 1. The Morgan fingerprint density at radius 3 is 2.21 bits per heavy atom. The third-order valence-electron chi connectivity index (χ3n) is 5.13. The molecule has 1 aliphatic heterocycles. The number of pyridine rings is 1. The summed E-state index contributed by atoms with van der Waals surface area (Å²) >= 11 is 0. The second-order valence-electron chi connectivity index (χ2n) is 6.84. The number of aryl methyl sites for hydroxylation is 1. The zero-order valence-corrected chi connectivity index (χ0v) is 16.0. The highest BCUT2D eigenvalue weighted by molar-refractivity contribution is 5.94. The Bertz CT molecular complexity index is 917. The van der Waals surface area contributed by atoms with Gasteiger partial charge in [0.1, 0.15) is 0 Å². The molecule has 6 nitrogen and oxygen atoms in total. The first kappa shape index (κ1) is 18.1. The van der Waals surface area contributed by atoms with Crippen LogP contribution in [0.5, 0.6) is 0 Å². The maximum Gasteiger partial charge on any atom is 0.254 e. The molecule has 0 saturated carbocycles. The van der Waals surface area contributed by atoms with Gasteiger partial charge in [-0.3, -0.25) is 9.78 Å². The predicted octanol–water partition coefficient (Wildman–Crippen LogP) is 3.06. The summed E-state index contributed by atoms with van der Waals surface area (Å²) in [5.41, 5.74) is 3.94. The van der Waals surface area contributed by atoms with E-state index in [0.717, 1.165) is 36.6 Å². The third kappa shape index (κ3) is 3.86. The molecular formula is C22H23N5O. The number of rotatable bonds is 4. The minimum absolute atomic E-state index is 0.0546. The van der Waals surface area contributed by atoms with Crippen LogP contribution in [0.15, 0.2) is 60.9 Å². The minimum atomic E-state index is 0.0546. The molecule has 0 N–H and O–H groups in total. The van der Waals surface area contributed by atoms with E-state index in [-0.39, 0.29) is 5.91 Å². The molecule has 0 atom stereocenters. The summed E-state index contributed by atoms with van der Waals surface area (Å²) in [5.74, 6) is 0.906. The SMILES string of the molecule is CCc1ccc(-c2ccc(N3CCN(C(=O)c4ccncc4)CC3)nn2)cc1. The van der Waals surface area contributed by atoms with Gasteiger partial charge >= 0.3 is 0 Å². The molecule has 142 valence electrons. The molecule has 0 spiro atoms. The lowest BCUT2D eigenvalue weighted by Gasteiger charge is -2.35. The van der Waals surface area contributed by atoms with Gasteiger partial charge in [0.2, 0.25) is 0 Å². The summed E-state index contributed by atoms with van der Waals surface area (Å²) in [5, 5.41) is 8.82. The molecule has 3 aromatic rings. The number of hydrogen-bond acceptors (Lipinski definition) is 5. The van der Waals surface area contributed by atoms with E-state index in [1.165, 1.54) is 5.56 Å². The summed E-state index contributed by atoms with van der Waals surface area (Å²) in [6.45, 7) is 4.98. The summed E-state index contributed by atoms with van der Waals surface area (Å²) in [4.78, 5) is 20.6. The van der Waals surface area contributed by atoms with Gasteiger partial charge in [-0.15, -0.1) is 10.2 Å². The Labute approximate surface area is 164 Å². The van der Waals surface area contributed by atoms with Crippen molar-refractivity contribution in [2.75, 3.05) is 31.1 Å². The fourth-order valence-electron chi connectivity index (χ4n) is 3.37. The molecule has 0 radical (unpaired) electrons.